The van der Waals surface area contributed by atoms with Crippen LogP contribution < -0.4 is 20.9 Å². The molecule has 8 nitrogen and oxygen atoms in total. The Bertz CT molecular complexity index is 661. The molecule has 0 atom stereocenters. The van der Waals surface area contributed by atoms with E-state index < -0.39 is 0 Å². The van der Waals surface area contributed by atoms with E-state index in [1.165, 1.54) is 0 Å². The number of fused-ring (bicyclic) bond motifs is 1. The van der Waals surface area contributed by atoms with E-state index in [0.717, 1.165) is 48.6 Å². The lowest BCUT2D eigenvalue weighted by Crippen LogP contribution is -2.16. The van der Waals surface area contributed by atoms with Crippen LogP contribution in [0, 0.1) is 0 Å². The summed E-state index contributed by atoms with van der Waals surface area (Å²) in [7, 11) is 5.65. The highest BCUT2D eigenvalue weighted by Gasteiger charge is 2.16. The van der Waals surface area contributed by atoms with E-state index in [0.29, 0.717) is 11.9 Å². The van der Waals surface area contributed by atoms with Crippen molar-refractivity contribution < 1.29 is 0 Å². The Balaban J connectivity index is 0.00000288. The molecule has 0 aliphatic rings. The second kappa shape index (κ2) is 9.27. The lowest BCUT2D eigenvalue weighted by Gasteiger charge is -2.16. The van der Waals surface area contributed by atoms with E-state index >= 15 is 0 Å². The van der Waals surface area contributed by atoms with E-state index in [9.17, 15) is 0 Å². The first-order valence-electron chi connectivity index (χ1n) is 8.03. The number of hydrogen-bond acceptors (Lipinski definition) is 8. The molecule has 2 aromatic heterocycles. The van der Waals surface area contributed by atoms with E-state index in [1.54, 1.807) is 7.05 Å². The topological polar surface area (TPSA) is 90.9 Å². The van der Waals surface area contributed by atoms with Crippen LogP contribution in [0.3, 0.4) is 0 Å². The Morgan fingerprint density at radius 3 is 1.88 bits per heavy atom. The van der Waals surface area contributed by atoms with Crippen LogP contribution in [-0.2, 0) is 0 Å². The summed E-state index contributed by atoms with van der Waals surface area (Å²) in [5.41, 5.74) is 1.46. The standard InChI is InChI=1S/C15H26N8.ClH/c1-6-8-17-12-11-10(19-14(16-3)21-12)13(18-9-7-2)22-15(20-11)23(4)5;/h6-9H2,1-5H3,(H,18,20,22)(H2,16,17,19,21);1H. The van der Waals surface area contributed by atoms with Crippen molar-refractivity contribution in [3.8, 4) is 0 Å². The fraction of sp³-hybridized carbons (Fsp3) is 0.600. The summed E-state index contributed by atoms with van der Waals surface area (Å²) in [5, 5.41) is 9.68. The van der Waals surface area contributed by atoms with Crippen molar-refractivity contribution in [3.63, 3.8) is 0 Å². The Kier molecular flexibility index (Phi) is 7.70. The molecule has 0 saturated carbocycles. The lowest BCUT2D eigenvalue weighted by atomic mass is 10.3. The van der Waals surface area contributed by atoms with Gasteiger partial charge in [0, 0.05) is 34.2 Å². The van der Waals surface area contributed by atoms with Crippen LogP contribution in [0.4, 0.5) is 23.5 Å². The number of aromatic nitrogens is 4. The molecule has 0 aliphatic heterocycles. The zero-order valence-electron chi connectivity index (χ0n) is 15.0. The minimum absolute atomic E-state index is 0. The fourth-order valence-electron chi connectivity index (χ4n) is 2.05. The van der Waals surface area contributed by atoms with E-state index in [1.807, 2.05) is 19.0 Å². The van der Waals surface area contributed by atoms with Gasteiger partial charge < -0.3 is 20.9 Å². The Morgan fingerprint density at radius 2 is 1.38 bits per heavy atom. The van der Waals surface area contributed by atoms with Crippen LogP contribution >= 0.6 is 12.4 Å². The van der Waals surface area contributed by atoms with Crippen LogP contribution in [0.5, 0.6) is 0 Å². The number of anilines is 4. The average Bonchev–Trinajstić information content (AvgIpc) is 2.56. The maximum absolute atomic E-state index is 4.63. The van der Waals surface area contributed by atoms with Gasteiger partial charge in [-0.3, -0.25) is 0 Å². The predicted molar refractivity (Wildman–Crippen MR) is 104 cm³/mol. The molecular formula is C15H27ClN8. The quantitative estimate of drug-likeness (QED) is 0.666. The van der Waals surface area contributed by atoms with Crippen molar-refractivity contribution in [2.24, 2.45) is 0 Å². The van der Waals surface area contributed by atoms with E-state index in [2.05, 4.69) is 49.7 Å². The maximum Gasteiger partial charge on any atom is 0.227 e. The van der Waals surface area contributed by atoms with Crippen molar-refractivity contribution >= 4 is 47.0 Å². The molecule has 0 aromatic carbocycles. The fourth-order valence-corrected chi connectivity index (χ4v) is 2.05. The molecule has 0 saturated heterocycles. The van der Waals surface area contributed by atoms with Gasteiger partial charge >= 0.3 is 0 Å². The molecule has 2 heterocycles. The highest BCUT2D eigenvalue weighted by Crippen LogP contribution is 2.27. The molecule has 24 heavy (non-hydrogen) atoms. The van der Waals surface area contributed by atoms with E-state index in [4.69, 9.17) is 0 Å². The maximum atomic E-state index is 4.63. The molecule has 9 heteroatoms. The average molecular weight is 355 g/mol. The van der Waals surface area contributed by atoms with Gasteiger partial charge in [-0.25, -0.2) is 9.97 Å². The largest absolute Gasteiger partial charge is 0.368 e. The molecule has 0 radical (unpaired) electrons. The first-order valence-corrected chi connectivity index (χ1v) is 8.03. The van der Waals surface area contributed by atoms with Crippen LogP contribution in [0.2, 0.25) is 0 Å². The number of rotatable bonds is 8. The predicted octanol–water partition coefficient (Wildman–Crippen LogP) is 2.59. The molecule has 134 valence electrons. The minimum Gasteiger partial charge on any atom is -0.368 e. The number of nitrogens with one attached hydrogen (secondary N) is 3. The summed E-state index contributed by atoms with van der Waals surface area (Å²) in [4.78, 5) is 20.2. The molecule has 2 rings (SSSR count). The van der Waals surface area contributed by atoms with Gasteiger partial charge in [0.25, 0.3) is 0 Å². The molecule has 0 bridgehead atoms. The van der Waals surface area contributed by atoms with Crippen molar-refractivity contribution in [2.45, 2.75) is 26.7 Å². The third kappa shape index (κ3) is 4.47. The first kappa shape index (κ1) is 20.0. The highest BCUT2D eigenvalue weighted by molar-refractivity contribution is 5.94. The second-order valence-electron chi connectivity index (χ2n) is 5.46. The lowest BCUT2D eigenvalue weighted by molar-refractivity contribution is 0.949. The van der Waals surface area contributed by atoms with Crippen molar-refractivity contribution in [3.05, 3.63) is 0 Å². The third-order valence-corrected chi connectivity index (χ3v) is 3.24. The highest BCUT2D eigenvalue weighted by atomic mass is 35.5. The van der Waals surface area contributed by atoms with Gasteiger partial charge in [0.2, 0.25) is 11.9 Å². The number of nitrogens with zero attached hydrogens (tertiary/aromatic N) is 5. The van der Waals surface area contributed by atoms with Crippen LogP contribution in [0.15, 0.2) is 0 Å². The monoisotopic (exact) mass is 354 g/mol. The molecule has 0 spiro atoms. The number of hydrogen-bond donors (Lipinski definition) is 3. The van der Waals surface area contributed by atoms with Crippen molar-refractivity contribution in [1.29, 1.82) is 0 Å². The normalized spacial score (nSPS) is 10.2. The summed E-state index contributed by atoms with van der Waals surface area (Å²) >= 11 is 0. The molecule has 0 fully saturated rings. The van der Waals surface area contributed by atoms with Crippen LogP contribution in [0.25, 0.3) is 11.0 Å². The summed E-state index contributed by atoms with van der Waals surface area (Å²) in [6.07, 6.45) is 2.01. The van der Waals surface area contributed by atoms with Gasteiger partial charge in [0.05, 0.1) is 0 Å². The summed E-state index contributed by atoms with van der Waals surface area (Å²) in [6, 6.07) is 0. The minimum atomic E-state index is 0. The SMILES string of the molecule is CCCNc1nc(N(C)C)nc2c(NCCC)nc(NC)nc12.Cl. The zero-order chi connectivity index (χ0) is 16.8. The van der Waals surface area contributed by atoms with Gasteiger partial charge in [0.15, 0.2) is 11.6 Å². The summed E-state index contributed by atoms with van der Waals surface area (Å²) in [5.74, 6) is 2.65. The van der Waals surface area contributed by atoms with Gasteiger partial charge in [-0.15, -0.1) is 12.4 Å². The second-order valence-corrected chi connectivity index (χ2v) is 5.46. The molecule has 0 aliphatic carbocycles. The van der Waals surface area contributed by atoms with E-state index in [-0.39, 0.29) is 12.4 Å². The Hall–Kier alpha value is -2.09. The van der Waals surface area contributed by atoms with Crippen molar-refractivity contribution in [2.75, 3.05) is 55.1 Å². The molecule has 0 unspecified atom stereocenters. The van der Waals surface area contributed by atoms with Crippen LogP contribution in [0.1, 0.15) is 26.7 Å². The van der Waals surface area contributed by atoms with Gasteiger partial charge in [-0.1, -0.05) is 13.8 Å². The molecule has 3 N–H and O–H groups in total. The molecule has 0 amide bonds. The van der Waals surface area contributed by atoms with Gasteiger partial charge in [-0.2, -0.15) is 9.97 Å². The summed E-state index contributed by atoms with van der Waals surface area (Å²) < 4.78 is 0. The molecule has 2 aromatic rings. The molecular weight excluding hydrogens is 328 g/mol. The Labute approximate surface area is 149 Å². The van der Waals surface area contributed by atoms with Gasteiger partial charge in [0.1, 0.15) is 11.0 Å². The number of halogens is 1. The smallest absolute Gasteiger partial charge is 0.227 e. The Morgan fingerprint density at radius 1 is 0.833 bits per heavy atom. The van der Waals surface area contributed by atoms with Crippen LogP contribution in [-0.4, -0.2) is 54.2 Å². The third-order valence-electron chi connectivity index (χ3n) is 3.24. The zero-order valence-corrected chi connectivity index (χ0v) is 15.8. The summed E-state index contributed by atoms with van der Waals surface area (Å²) in [6.45, 7) is 5.89. The first-order chi connectivity index (χ1) is 11.1. The van der Waals surface area contributed by atoms with Gasteiger partial charge in [-0.05, 0) is 12.8 Å². The van der Waals surface area contributed by atoms with Crippen molar-refractivity contribution in [1.82, 2.24) is 19.9 Å².